The Morgan fingerprint density at radius 3 is 3.12 bits per heavy atom. The molecule has 0 atom stereocenters. The monoisotopic (exact) mass is 323 g/mol. The Labute approximate surface area is 138 Å². The number of rotatable bonds is 3. The number of nitrogens with zero attached hydrogens (tertiary/aromatic N) is 3. The summed E-state index contributed by atoms with van der Waals surface area (Å²) < 4.78 is 5.22. The smallest absolute Gasteiger partial charge is 0.318 e. The number of imidazole rings is 1. The van der Waals surface area contributed by atoms with Gasteiger partial charge in [0, 0.05) is 30.9 Å². The lowest BCUT2D eigenvalue weighted by atomic mass is 10.1. The highest BCUT2D eigenvalue weighted by Gasteiger charge is 2.24. The van der Waals surface area contributed by atoms with Crippen LogP contribution in [-0.2, 0) is 19.5 Å². The van der Waals surface area contributed by atoms with Crippen molar-refractivity contribution in [2.75, 3.05) is 6.54 Å². The van der Waals surface area contributed by atoms with Crippen molar-refractivity contribution in [3.05, 3.63) is 60.1 Å². The minimum Gasteiger partial charge on any atom is -0.467 e. The zero-order valence-corrected chi connectivity index (χ0v) is 13.0. The van der Waals surface area contributed by atoms with E-state index in [0.717, 1.165) is 35.0 Å². The highest BCUT2D eigenvalue weighted by Crippen LogP contribution is 2.22. The second-order valence-corrected chi connectivity index (χ2v) is 5.66. The molecule has 0 spiro atoms. The second-order valence-electron chi connectivity index (χ2n) is 5.66. The van der Waals surface area contributed by atoms with Crippen LogP contribution in [0.25, 0.3) is 11.4 Å². The summed E-state index contributed by atoms with van der Waals surface area (Å²) in [5.74, 6) is 1.53. The molecule has 1 aliphatic rings. The number of hydrogen-bond acceptors (Lipinski definition) is 4. The fourth-order valence-electron chi connectivity index (χ4n) is 2.79. The first-order valence-corrected chi connectivity index (χ1v) is 7.83. The fraction of sp³-hybridized carbons (Fsp3) is 0.235. The van der Waals surface area contributed by atoms with Crippen LogP contribution in [-0.4, -0.2) is 32.4 Å². The van der Waals surface area contributed by atoms with E-state index in [-0.39, 0.29) is 6.03 Å². The first-order valence-electron chi connectivity index (χ1n) is 7.83. The van der Waals surface area contributed by atoms with E-state index < -0.39 is 0 Å². The summed E-state index contributed by atoms with van der Waals surface area (Å²) in [7, 11) is 0. The van der Waals surface area contributed by atoms with E-state index in [4.69, 9.17) is 4.42 Å². The normalized spacial score (nSPS) is 13.6. The summed E-state index contributed by atoms with van der Waals surface area (Å²) in [6, 6.07) is 7.38. The van der Waals surface area contributed by atoms with Gasteiger partial charge >= 0.3 is 6.03 Å². The van der Waals surface area contributed by atoms with Gasteiger partial charge in [-0.15, -0.1) is 0 Å². The Hall–Kier alpha value is -3.09. The van der Waals surface area contributed by atoms with Crippen LogP contribution >= 0.6 is 0 Å². The molecule has 0 saturated carbocycles. The van der Waals surface area contributed by atoms with Gasteiger partial charge in [-0.2, -0.15) is 0 Å². The van der Waals surface area contributed by atoms with Crippen LogP contribution in [0, 0.1) is 0 Å². The van der Waals surface area contributed by atoms with Crippen LogP contribution < -0.4 is 5.32 Å². The summed E-state index contributed by atoms with van der Waals surface area (Å²) >= 11 is 0. The molecule has 24 heavy (non-hydrogen) atoms. The zero-order chi connectivity index (χ0) is 16.4. The molecule has 0 unspecified atom stereocenters. The van der Waals surface area contributed by atoms with Gasteiger partial charge in [0.05, 0.1) is 30.7 Å². The van der Waals surface area contributed by atoms with E-state index in [9.17, 15) is 4.79 Å². The molecule has 7 heteroatoms. The fourth-order valence-corrected chi connectivity index (χ4v) is 2.79. The molecule has 0 radical (unpaired) electrons. The summed E-state index contributed by atoms with van der Waals surface area (Å²) in [6.07, 6.45) is 5.84. The van der Waals surface area contributed by atoms with Gasteiger partial charge in [-0.05, 0) is 24.3 Å². The van der Waals surface area contributed by atoms with Crippen molar-refractivity contribution in [1.29, 1.82) is 0 Å². The standard InChI is InChI=1S/C17H17N5O2/c23-17(19-10-13-4-2-8-24-13)22-7-5-14-15(11-22)21-16(20-14)12-3-1-6-18-9-12/h1-4,6,8-9H,5,7,10-11H2,(H,19,23)(H,20,21). The van der Waals surface area contributed by atoms with Crippen molar-refractivity contribution in [1.82, 2.24) is 25.2 Å². The number of H-pyrrole nitrogens is 1. The van der Waals surface area contributed by atoms with Crippen LogP contribution in [0.2, 0.25) is 0 Å². The molecule has 2 amide bonds. The Morgan fingerprint density at radius 1 is 1.38 bits per heavy atom. The summed E-state index contributed by atoms with van der Waals surface area (Å²) in [6.45, 7) is 1.56. The third-order valence-electron chi connectivity index (χ3n) is 4.05. The average Bonchev–Trinajstić information content (AvgIpc) is 3.29. The van der Waals surface area contributed by atoms with E-state index in [0.29, 0.717) is 19.6 Å². The first kappa shape index (κ1) is 14.5. The number of nitrogens with one attached hydrogen (secondary N) is 2. The Bertz CT molecular complexity index is 826. The molecule has 0 saturated heterocycles. The largest absolute Gasteiger partial charge is 0.467 e. The first-order chi connectivity index (χ1) is 11.8. The highest BCUT2D eigenvalue weighted by atomic mass is 16.3. The number of aromatic nitrogens is 3. The third kappa shape index (κ3) is 2.88. The lowest BCUT2D eigenvalue weighted by molar-refractivity contribution is 0.190. The van der Waals surface area contributed by atoms with Gasteiger partial charge in [0.2, 0.25) is 0 Å². The average molecular weight is 323 g/mol. The number of carbonyl (C=O) groups excluding carboxylic acids is 1. The van der Waals surface area contributed by atoms with E-state index >= 15 is 0 Å². The molecule has 122 valence electrons. The van der Waals surface area contributed by atoms with Crippen LogP contribution in [0.1, 0.15) is 17.1 Å². The maximum Gasteiger partial charge on any atom is 0.318 e. The molecule has 0 aliphatic carbocycles. The zero-order valence-electron chi connectivity index (χ0n) is 13.0. The van der Waals surface area contributed by atoms with Crippen LogP contribution in [0.3, 0.4) is 0 Å². The molecular weight excluding hydrogens is 306 g/mol. The van der Waals surface area contributed by atoms with Gasteiger partial charge in [0.1, 0.15) is 11.6 Å². The third-order valence-corrected chi connectivity index (χ3v) is 4.05. The van der Waals surface area contributed by atoms with Crippen molar-refractivity contribution in [3.8, 4) is 11.4 Å². The van der Waals surface area contributed by atoms with Crippen molar-refractivity contribution in [2.45, 2.75) is 19.5 Å². The molecular formula is C17H17N5O2. The number of hydrogen-bond donors (Lipinski definition) is 2. The summed E-state index contributed by atoms with van der Waals surface area (Å²) in [4.78, 5) is 26.1. The lowest BCUT2D eigenvalue weighted by Gasteiger charge is -2.26. The molecule has 4 rings (SSSR count). The van der Waals surface area contributed by atoms with E-state index in [1.807, 2.05) is 18.2 Å². The SMILES string of the molecule is O=C(NCc1ccco1)N1CCc2nc(-c3cccnc3)[nH]c2C1. The van der Waals surface area contributed by atoms with Gasteiger partial charge in [-0.1, -0.05) is 0 Å². The molecule has 7 nitrogen and oxygen atoms in total. The van der Waals surface area contributed by atoms with Crippen molar-refractivity contribution in [3.63, 3.8) is 0 Å². The lowest BCUT2D eigenvalue weighted by Crippen LogP contribution is -2.42. The van der Waals surface area contributed by atoms with Crippen molar-refractivity contribution < 1.29 is 9.21 Å². The maximum absolute atomic E-state index is 12.3. The summed E-state index contributed by atoms with van der Waals surface area (Å²) in [5, 5.41) is 2.87. The van der Waals surface area contributed by atoms with Gasteiger partial charge < -0.3 is 19.6 Å². The maximum atomic E-state index is 12.3. The molecule has 3 aromatic heterocycles. The Balaban J connectivity index is 1.44. The quantitative estimate of drug-likeness (QED) is 0.774. The van der Waals surface area contributed by atoms with Crippen molar-refractivity contribution in [2.24, 2.45) is 0 Å². The van der Waals surface area contributed by atoms with E-state index in [1.165, 1.54) is 0 Å². The predicted octanol–water partition coefficient (Wildman–Crippen LogP) is 2.33. The highest BCUT2D eigenvalue weighted by molar-refractivity contribution is 5.74. The minimum atomic E-state index is -0.102. The minimum absolute atomic E-state index is 0.102. The van der Waals surface area contributed by atoms with Crippen LogP contribution in [0.5, 0.6) is 0 Å². The Morgan fingerprint density at radius 2 is 2.33 bits per heavy atom. The predicted molar refractivity (Wildman–Crippen MR) is 86.9 cm³/mol. The molecule has 0 aromatic carbocycles. The molecule has 1 aliphatic heterocycles. The van der Waals surface area contributed by atoms with Gasteiger partial charge in [0.25, 0.3) is 0 Å². The number of amides is 2. The summed E-state index contributed by atoms with van der Waals surface area (Å²) in [5.41, 5.74) is 2.94. The number of pyridine rings is 1. The molecule has 4 heterocycles. The molecule has 3 aromatic rings. The molecule has 0 fully saturated rings. The van der Waals surface area contributed by atoms with Gasteiger partial charge in [-0.25, -0.2) is 9.78 Å². The van der Waals surface area contributed by atoms with E-state index in [2.05, 4.69) is 20.3 Å². The number of urea groups is 1. The van der Waals surface area contributed by atoms with Gasteiger partial charge in [0.15, 0.2) is 0 Å². The van der Waals surface area contributed by atoms with Crippen LogP contribution in [0.15, 0.2) is 47.3 Å². The number of aromatic amines is 1. The van der Waals surface area contributed by atoms with Crippen LogP contribution in [0.4, 0.5) is 4.79 Å². The second kappa shape index (κ2) is 6.19. The molecule has 2 N–H and O–H groups in total. The van der Waals surface area contributed by atoms with Gasteiger partial charge in [-0.3, -0.25) is 4.98 Å². The number of furan rings is 1. The number of fused-ring (bicyclic) bond motifs is 1. The van der Waals surface area contributed by atoms with Crippen molar-refractivity contribution >= 4 is 6.03 Å². The van der Waals surface area contributed by atoms with E-state index in [1.54, 1.807) is 29.6 Å². The Kier molecular flexibility index (Phi) is 3.74. The number of carbonyl (C=O) groups is 1. The molecule has 0 bridgehead atoms. The topological polar surface area (TPSA) is 87.1 Å².